The van der Waals surface area contributed by atoms with Crippen molar-refractivity contribution in [1.29, 1.82) is 0 Å². The number of benzene rings is 1. The van der Waals surface area contributed by atoms with Crippen LogP contribution in [0.4, 0.5) is 0 Å². The summed E-state index contributed by atoms with van der Waals surface area (Å²) < 4.78 is 11.9. The van der Waals surface area contributed by atoms with Gasteiger partial charge in [0.2, 0.25) is 5.91 Å². The highest BCUT2D eigenvalue weighted by molar-refractivity contribution is 5.85. The molecule has 5 nitrogen and oxygen atoms in total. The molecule has 2 saturated carbocycles. The Labute approximate surface area is 180 Å². The third-order valence-corrected chi connectivity index (χ3v) is 6.72. The number of nitrogens with one attached hydrogen (secondary N) is 2. The monoisotopic (exact) mass is 422 g/mol. The average molecular weight is 423 g/mol. The van der Waals surface area contributed by atoms with E-state index >= 15 is 0 Å². The molecule has 3 unspecified atom stereocenters. The Bertz CT molecular complexity index is 661. The smallest absolute Gasteiger partial charge is 0.224 e. The number of halogens is 1. The number of carbonyl (C=O) groups is 1. The van der Waals surface area contributed by atoms with Crippen LogP contribution >= 0.6 is 12.4 Å². The molecule has 1 aromatic carbocycles. The van der Waals surface area contributed by atoms with Crippen molar-refractivity contribution < 1.29 is 14.3 Å². The van der Waals surface area contributed by atoms with Gasteiger partial charge in [-0.1, -0.05) is 13.3 Å². The normalized spacial score (nSPS) is 27.6. The first-order chi connectivity index (χ1) is 13.7. The first kappa shape index (κ1) is 22.2. The van der Waals surface area contributed by atoms with Crippen molar-refractivity contribution in [1.82, 2.24) is 10.6 Å². The zero-order chi connectivity index (χ0) is 19.4. The van der Waals surface area contributed by atoms with Gasteiger partial charge in [0, 0.05) is 5.92 Å². The van der Waals surface area contributed by atoms with Crippen LogP contribution in [0.5, 0.6) is 11.5 Å². The lowest BCUT2D eigenvalue weighted by Crippen LogP contribution is -2.48. The molecule has 3 atom stereocenters. The van der Waals surface area contributed by atoms with Gasteiger partial charge in [0.1, 0.15) is 17.6 Å². The summed E-state index contributed by atoms with van der Waals surface area (Å²) in [6, 6.07) is 8.00. The average Bonchev–Trinajstić information content (AvgIpc) is 3.42. The molecule has 1 heterocycles. The molecule has 6 heteroatoms. The molecule has 0 aromatic heterocycles. The molecule has 0 radical (unpaired) electrons. The molecule has 1 saturated heterocycles. The van der Waals surface area contributed by atoms with Crippen LogP contribution < -0.4 is 20.1 Å². The number of hydrogen-bond donors (Lipinski definition) is 2. The fourth-order valence-corrected chi connectivity index (χ4v) is 4.89. The van der Waals surface area contributed by atoms with Gasteiger partial charge >= 0.3 is 0 Å². The molecule has 3 aliphatic rings. The molecule has 2 aliphatic carbocycles. The molecule has 4 rings (SSSR count). The van der Waals surface area contributed by atoms with Gasteiger partial charge in [-0.25, -0.2) is 0 Å². The highest BCUT2D eigenvalue weighted by Gasteiger charge is 2.57. The van der Waals surface area contributed by atoms with E-state index < -0.39 is 0 Å². The molecular weight excluding hydrogens is 388 g/mol. The predicted octanol–water partition coefficient (Wildman–Crippen LogP) is 4.09. The zero-order valence-electron chi connectivity index (χ0n) is 17.5. The largest absolute Gasteiger partial charge is 0.494 e. The summed E-state index contributed by atoms with van der Waals surface area (Å²) in [6.07, 6.45) is 8.74. The van der Waals surface area contributed by atoms with E-state index in [9.17, 15) is 4.79 Å². The van der Waals surface area contributed by atoms with E-state index in [1.165, 1.54) is 0 Å². The SMILES string of the molecule is CCCOc1ccc(OC2CCCCC2NC(=O)C2CC23CCNCC3)cc1.Cl. The molecule has 29 heavy (non-hydrogen) atoms. The Morgan fingerprint density at radius 3 is 2.55 bits per heavy atom. The number of piperidine rings is 1. The van der Waals surface area contributed by atoms with Crippen LogP contribution in [0.25, 0.3) is 0 Å². The Hall–Kier alpha value is -1.46. The molecule has 3 fully saturated rings. The second-order valence-corrected chi connectivity index (χ2v) is 8.74. The summed E-state index contributed by atoms with van der Waals surface area (Å²) in [7, 11) is 0. The van der Waals surface area contributed by atoms with Crippen molar-refractivity contribution in [2.45, 2.75) is 70.4 Å². The van der Waals surface area contributed by atoms with Crippen molar-refractivity contribution >= 4 is 18.3 Å². The van der Waals surface area contributed by atoms with Crippen molar-refractivity contribution in [2.75, 3.05) is 19.7 Å². The van der Waals surface area contributed by atoms with Gasteiger partial charge in [-0.2, -0.15) is 0 Å². The van der Waals surface area contributed by atoms with Gasteiger partial charge in [0.05, 0.1) is 12.6 Å². The minimum Gasteiger partial charge on any atom is -0.494 e. The topological polar surface area (TPSA) is 59.6 Å². The number of hydrogen-bond acceptors (Lipinski definition) is 4. The van der Waals surface area contributed by atoms with Crippen LogP contribution in [-0.2, 0) is 4.79 Å². The Morgan fingerprint density at radius 1 is 1.14 bits per heavy atom. The van der Waals surface area contributed by atoms with Crippen LogP contribution in [0.2, 0.25) is 0 Å². The second kappa shape index (κ2) is 10.0. The maximum absolute atomic E-state index is 12.9. The zero-order valence-corrected chi connectivity index (χ0v) is 18.3. The summed E-state index contributed by atoms with van der Waals surface area (Å²) in [5, 5.41) is 6.76. The standard InChI is InChI=1S/C23H34N2O3.ClH/c1-2-15-27-17-7-9-18(10-8-17)28-21-6-4-3-5-20(21)25-22(26)19-16-23(19)11-13-24-14-12-23;/h7-10,19-21,24H,2-6,11-16H2,1H3,(H,25,26);1H. The summed E-state index contributed by atoms with van der Waals surface area (Å²) in [5.74, 6) is 2.21. The summed E-state index contributed by atoms with van der Waals surface area (Å²) in [4.78, 5) is 12.9. The molecule has 0 bridgehead atoms. The van der Waals surface area contributed by atoms with E-state index in [4.69, 9.17) is 9.47 Å². The lowest BCUT2D eigenvalue weighted by molar-refractivity contribution is -0.125. The molecule has 1 aliphatic heterocycles. The third-order valence-electron chi connectivity index (χ3n) is 6.72. The predicted molar refractivity (Wildman–Crippen MR) is 117 cm³/mol. The number of ether oxygens (including phenoxy) is 2. The van der Waals surface area contributed by atoms with Crippen LogP contribution in [0.3, 0.4) is 0 Å². The molecule has 162 valence electrons. The van der Waals surface area contributed by atoms with E-state index in [1.807, 2.05) is 24.3 Å². The van der Waals surface area contributed by atoms with Gasteiger partial charge < -0.3 is 20.1 Å². The fraction of sp³-hybridized carbons (Fsp3) is 0.696. The van der Waals surface area contributed by atoms with E-state index in [1.54, 1.807) is 0 Å². The molecule has 1 spiro atoms. The highest BCUT2D eigenvalue weighted by Crippen LogP contribution is 2.58. The lowest BCUT2D eigenvalue weighted by atomic mass is 9.90. The minimum absolute atomic E-state index is 0. The van der Waals surface area contributed by atoms with Crippen molar-refractivity contribution in [2.24, 2.45) is 11.3 Å². The maximum atomic E-state index is 12.9. The van der Waals surface area contributed by atoms with Gasteiger partial charge in [0.25, 0.3) is 0 Å². The number of amides is 1. The molecule has 2 N–H and O–H groups in total. The van der Waals surface area contributed by atoms with Crippen molar-refractivity contribution in [3.63, 3.8) is 0 Å². The summed E-state index contributed by atoms with van der Waals surface area (Å²) in [6.45, 7) is 4.94. The van der Waals surface area contributed by atoms with Crippen LogP contribution in [0.1, 0.15) is 58.3 Å². The first-order valence-electron chi connectivity index (χ1n) is 11.1. The van der Waals surface area contributed by atoms with Crippen LogP contribution in [0, 0.1) is 11.3 Å². The van der Waals surface area contributed by atoms with Gasteiger partial charge in [-0.3, -0.25) is 4.79 Å². The van der Waals surface area contributed by atoms with Crippen LogP contribution in [0.15, 0.2) is 24.3 Å². The van der Waals surface area contributed by atoms with Gasteiger partial charge in [-0.05, 0) is 87.7 Å². The molecule has 1 aromatic rings. The quantitative estimate of drug-likeness (QED) is 0.694. The van der Waals surface area contributed by atoms with Crippen molar-refractivity contribution in [3.8, 4) is 11.5 Å². The Morgan fingerprint density at radius 2 is 1.83 bits per heavy atom. The Balaban J connectivity index is 0.00000240. The molecule has 1 amide bonds. The summed E-state index contributed by atoms with van der Waals surface area (Å²) >= 11 is 0. The van der Waals surface area contributed by atoms with E-state index in [0.29, 0.717) is 0 Å². The summed E-state index contributed by atoms with van der Waals surface area (Å²) in [5.41, 5.74) is 0.286. The first-order valence-corrected chi connectivity index (χ1v) is 11.1. The van der Waals surface area contributed by atoms with E-state index in [0.717, 1.165) is 82.6 Å². The number of carbonyl (C=O) groups excluding carboxylic acids is 1. The third kappa shape index (κ3) is 5.37. The Kier molecular flexibility index (Phi) is 7.69. The number of rotatable bonds is 7. The van der Waals surface area contributed by atoms with E-state index in [-0.39, 0.29) is 41.8 Å². The minimum atomic E-state index is 0. The van der Waals surface area contributed by atoms with Gasteiger partial charge in [-0.15, -0.1) is 12.4 Å². The highest BCUT2D eigenvalue weighted by atomic mass is 35.5. The second-order valence-electron chi connectivity index (χ2n) is 8.74. The maximum Gasteiger partial charge on any atom is 0.224 e. The molecular formula is C23H35ClN2O3. The van der Waals surface area contributed by atoms with Crippen LogP contribution in [-0.4, -0.2) is 37.7 Å². The van der Waals surface area contributed by atoms with Crippen molar-refractivity contribution in [3.05, 3.63) is 24.3 Å². The van der Waals surface area contributed by atoms with E-state index in [2.05, 4.69) is 17.6 Å². The van der Waals surface area contributed by atoms with Gasteiger partial charge in [0.15, 0.2) is 0 Å². The lowest BCUT2D eigenvalue weighted by Gasteiger charge is -2.33. The fourth-order valence-electron chi connectivity index (χ4n) is 4.89.